The molecule has 41 heavy (non-hydrogen) atoms. The first kappa shape index (κ1) is 28.7. The fraction of sp³-hybridized carbons (Fsp3) is 0.429. The highest BCUT2D eigenvalue weighted by Crippen LogP contribution is 2.34. The Kier molecular flexibility index (Phi) is 8.96. The smallest absolute Gasteiger partial charge is 0.219 e. The van der Waals surface area contributed by atoms with Gasteiger partial charge in [-0.25, -0.2) is 4.98 Å². The number of ether oxygens (including phenoxy) is 1. The summed E-state index contributed by atoms with van der Waals surface area (Å²) in [7, 11) is 0. The van der Waals surface area contributed by atoms with Gasteiger partial charge < -0.3 is 19.5 Å². The number of aromatic nitrogens is 2. The van der Waals surface area contributed by atoms with E-state index in [1.807, 2.05) is 24.0 Å². The molecule has 2 aliphatic rings. The number of carbonyl (C=O) groups excluding carboxylic acids is 1. The molecule has 0 bridgehead atoms. The maximum Gasteiger partial charge on any atom is 0.219 e. The van der Waals surface area contributed by atoms with Crippen molar-refractivity contribution in [2.24, 2.45) is 17.8 Å². The van der Waals surface area contributed by atoms with E-state index < -0.39 is 0 Å². The molecule has 0 spiro atoms. The van der Waals surface area contributed by atoms with E-state index in [4.69, 9.17) is 4.74 Å². The molecule has 1 amide bonds. The molecule has 0 aliphatic carbocycles. The highest BCUT2D eigenvalue weighted by atomic mass is 16.5. The Hall–Kier alpha value is -3.80. The third kappa shape index (κ3) is 6.92. The van der Waals surface area contributed by atoms with Crippen molar-refractivity contribution in [2.75, 3.05) is 31.1 Å². The van der Waals surface area contributed by atoms with E-state index >= 15 is 0 Å². The van der Waals surface area contributed by atoms with Crippen molar-refractivity contribution in [3.05, 3.63) is 78.1 Å². The van der Waals surface area contributed by atoms with Gasteiger partial charge in [0.2, 0.25) is 5.91 Å². The van der Waals surface area contributed by atoms with Gasteiger partial charge in [0.25, 0.3) is 0 Å². The molecule has 2 aliphatic heterocycles. The molecule has 1 N–H and O–H groups in total. The fourth-order valence-electron chi connectivity index (χ4n) is 6.28. The number of nitrogens with one attached hydrogen (secondary N) is 1. The summed E-state index contributed by atoms with van der Waals surface area (Å²) in [6.45, 7) is 14.8. The molecular weight excluding hydrogens is 508 g/mol. The van der Waals surface area contributed by atoms with Crippen LogP contribution in [0.2, 0.25) is 0 Å². The van der Waals surface area contributed by atoms with E-state index in [0.717, 1.165) is 57.1 Å². The molecule has 1 fully saturated rings. The van der Waals surface area contributed by atoms with E-state index in [9.17, 15) is 4.79 Å². The molecule has 6 heteroatoms. The summed E-state index contributed by atoms with van der Waals surface area (Å²) < 4.78 is 5.78. The summed E-state index contributed by atoms with van der Waals surface area (Å²) in [5.74, 6) is 4.45. The maximum atomic E-state index is 11.7. The Morgan fingerprint density at radius 2 is 1.76 bits per heavy atom. The zero-order valence-electron chi connectivity index (χ0n) is 25.2. The van der Waals surface area contributed by atoms with E-state index in [-0.39, 0.29) is 5.91 Å². The van der Waals surface area contributed by atoms with Crippen LogP contribution in [-0.2, 0) is 11.3 Å². The Morgan fingerprint density at radius 1 is 1.02 bits per heavy atom. The van der Waals surface area contributed by atoms with Crippen LogP contribution in [0.5, 0.6) is 5.75 Å². The Bertz CT molecular complexity index is 1460. The highest BCUT2D eigenvalue weighted by molar-refractivity contribution is 5.82. The summed E-state index contributed by atoms with van der Waals surface area (Å²) in [6.07, 6.45) is 2.70. The van der Waals surface area contributed by atoms with Gasteiger partial charge >= 0.3 is 0 Å². The van der Waals surface area contributed by atoms with Crippen LogP contribution < -0.4 is 9.64 Å². The van der Waals surface area contributed by atoms with Crippen LogP contribution in [0, 0.1) is 24.7 Å². The van der Waals surface area contributed by atoms with Crippen LogP contribution in [0.1, 0.15) is 51.9 Å². The molecule has 1 saturated heterocycles. The number of para-hydroxylation sites is 1. The Labute approximate surface area is 244 Å². The first-order chi connectivity index (χ1) is 19.8. The normalized spacial score (nSPS) is 18.5. The van der Waals surface area contributed by atoms with E-state index in [0.29, 0.717) is 19.7 Å². The summed E-state index contributed by atoms with van der Waals surface area (Å²) in [4.78, 5) is 23.8. The number of fused-ring (bicyclic) bond motifs is 2. The number of H-pyrrole nitrogens is 1. The number of carbonyl (C=O) groups is 1. The number of hydrogen-bond acceptors (Lipinski definition) is 4. The van der Waals surface area contributed by atoms with Crippen molar-refractivity contribution >= 4 is 22.6 Å². The van der Waals surface area contributed by atoms with Crippen LogP contribution in [0.25, 0.3) is 22.2 Å². The van der Waals surface area contributed by atoms with Crippen LogP contribution in [0.3, 0.4) is 0 Å². The van der Waals surface area contributed by atoms with Crippen LogP contribution in [0.4, 0.5) is 5.69 Å². The van der Waals surface area contributed by atoms with Crippen LogP contribution in [-0.4, -0.2) is 47.0 Å². The molecule has 0 saturated carbocycles. The van der Waals surface area contributed by atoms with Gasteiger partial charge in [-0.1, -0.05) is 57.5 Å². The maximum absolute atomic E-state index is 11.7. The quantitative estimate of drug-likeness (QED) is 0.279. The van der Waals surface area contributed by atoms with Crippen molar-refractivity contribution in [1.82, 2.24) is 14.9 Å². The van der Waals surface area contributed by atoms with Crippen molar-refractivity contribution in [3.8, 4) is 16.9 Å². The number of aromatic amines is 1. The lowest BCUT2D eigenvalue weighted by atomic mass is 9.87. The van der Waals surface area contributed by atoms with Gasteiger partial charge in [-0.05, 0) is 78.6 Å². The standard InChI is InChI=1S/C19H19N3O2.C16H25N/c1-12-20-17-5-3-15(10-18(17)21-12)14-4-6-19-16(9-14)11-22(13(2)23)7-8-24-19;1-4-14-11-17(12-15(14)10-13(2)3)16-8-6-5-7-9-16/h3-6,9-10H,7-8,11H2,1-2H3,(H,20,21);5-9,13-15H,4,10-12H2,1-3H3. The first-order valence-electron chi connectivity index (χ1n) is 15.1. The third-order valence-electron chi connectivity index (χ3n) is 8.42. The van der Waals surface area contributed by atoms with Gasteiger partial charge in [0.05, 0.1) is 17.6 Å². The minimum absolute atomic E-state index is 0.0752. The number of hydrogen-bond donors (Lipinski definition) is 1. The van der Waals surface area contributed by atoms with Crippen LogP contribution >= 0.6 is 0 Å². The number of imidazole rings is 1. The molecule has 216 valence electrons. The molecule has 3 aromatic carbocycles. The summed E-state index contributed by atoms with van der Waals surface area (Å²) in [6, 6.07) is 23.3. The Balaban J connectivity index is 0.000000175. The average Bonchev–Trinajstić information content (AvgIpc) is 3.47. The summed E-state index contributed by atoms with van der Waals surface area (Å²) >= 11 is 0. The van der Waals surface area contributed by atoms with Crippen molar-refractivity contribution in [2.45, 2.75) is 54.0 Å². The van der Waals surface area contributed by atoms with Gasteiger partial charge in [0.15, 0.2) is 0 Å². The van der Waals surface area contributed by atoms with E-state index in [1.54, 1.807) is 6.92 Å². The molecular formula is C35H44N4O2. The lowest BCUT2D eigenvalue weighted by Crippen LogP contribution is -2.30. The monoisotopic (exact) mass is 552 g/mol. The van der Waals surface area contributed by atoms with Crippen molar-refractivity contribution in [1.29, 1.82) is 0 Å². The molecule has 6 rings (SSSR count). The average molecular weight is 553 g/mol. The zero-order valence-corrected chi connectivity index (χ0v) is 25.2. The zero-order chi connectivity index (χ0) is 28.9. The lowest BCUT2D eigenvalue weighted by molar-refractivity contribution is -0.129. The predicted octanol–water partition coefficient (Wildman–Crippen LogP) is 7.47. The number of amides is 1. The molecule has 3 heterocycles. The third-order valence-corrected chi connectivity index (χ3v) is 8.42. The fourth-order valence-corrected chi connectivity index (χ4v) is 6.28. The molecule has 0 radical (unpaired) electrons. The second-order valence-corrected chi connectivity index (χ2v) is 12.0. The second-order valence-electron chi connectivity index (χ2n) is 12.0. The molecule has 1 aromatic heterocycles. The van der Waals surface area contributed by atoms with Crippen molar-refractivity contribution in [3.63, 3.8) is 0 Å². The number of benzene rings is 3. The van der Waals surface area contributed by atoms with Gasteiger partial charge in [0.1, 0.15) is 18.2 Å². The largest absolute Gasteiger partial charge is 0.491 e. The minimum Gasteiger partial charge on any atom is -0.491 e. The van der Waals surface area contributed by atoms with E-state index in [1.165, 1.54) is 31.6 Å². The van der Waals surface area contributed by atoms with Crippen LogP contribution in [0.15, 0.2) is 66.7 Å². The number of anilines is 1. The summed E-state index contributed by atoms with van der Waals surface area (Å²) in [5, 5.41) is 0. The molecule has 6 nitrogen and oxygen atoms in total. The topological polar surface area (TPSA) is 61.5 Å². The summed E-state index contributed by atoms with van der Waals surface area (Å²) in [5.41, 5.74) is 6.67. The highest BCUT2D eigenvalue weighted by Gasteiger charge is 2.31. The van der Waals surface area contributed by atoms with Gasteiger partial charge in [-0.15, -0.1) is 0 Å². The van der Waals surface area contributed by atoms with Gasteiger partial charge in [-0.3, -0.25) is 4.79 Å². The molecule has 4 aromatic rings. The van der Waals surface area contributed by atoms with E-state index in [2.05, 4.69) is 90.2 Å². The molecule has 2 atom stereocenters. The number of aryl methyl sites for hydroxylation is 1. The molecule has 2 unspecified atom stereocenters. The number of rotatable bonds is 5. The minimum atomic E-state index is 0.0752. The van der Waals surface area contributed by atoms with Crippen molar-refractivity contribution < 1.29 is 9.53 Å². The predicted molar refractivity (Wildman–Crippen MR) is 168 cm³/mol. The first-order valence-corrected chi connectivity index (χ1v) is 15.1. The Morgan fingerprint density at radius 3 is 2.49 bits per heavy atom. The second kappa shape index (κ2) is 12.8. The lowest BCUT2D eigenvalue weighted by Gasteiger charge is -2.19. The SMILES string of the molecule is CC(=O)N1CCOc2ccc(-c3ccc4nc(C)[nH]c4c3)cc2C1.CCC1CN(c2ccccc2)CC1CC(C)C. The van der Waals surface area contributed by atoms with Gasteiger partial charge in [-0.2, -0.15) is 0 Å². The van der Waals surface area contributed by atoms with Gasteiger partial charge in [0, 0.05) is 37.8 Å². The number of nitrogens with zero attached hydrogens (tertiary/aromatic N) is 3.